The molecule has 0 aromatic heterocycles. The monoisotopic (exact) mass is 476 g/mol. The van der Waals surface area contributed by atoms with Gasteiger partial charge >= 0.3 is 12.1 Å². The van der Waals surface area contributed by atoms with Gasteiger partial charge in [-0.25, -0.2) is 14.0 Å². The van der Waals surface area contributed by atoms with Gasteiger partial charge in [0.25, 0.3) is 0 Å². The Labute approximate surface area is 201 Å². The molecule has 3 N–H and O–H groups in total. The van der Waals surface area contributed by atoms with Crippen molar-refractivity contribution in [2.75, 3.05) is 11.9 Å². The summed E-state index contributed by atoms with van der Waals surface area (Å²) >= 11 is 0. The van der Waals surface area contributed by atoms with Crippen LogP contribution in [0.25, 0.3) is 11.1 Å². The quantitative estimate of drug-likeness (QED) is 0.444. The number of anilines is 1. The van der Waals surface area contributed by atoms with E-state index in [0.29, 0.717) is 0 Å². The number of carboxylic acids is 1. The summed E-state index contributed by atoms with van der Waals surface area (Å²) in [7, 11) is 0. The molecule has 0 fully saturated rings. The fourth-order valence-electron chi connectivity index (χ4n) is 4.26. The van der Waals surface area contributed by atoms with Crippen LogP contribution in [0.2, 0.25) is 0 Å². The van der Waals surface area contributed by atoms with E-state index in [0.717, 1.165) is 28.3 Å². The molecule has 35 heavy (non-hydrogen) atoms. The number of amides is 2. The Morgan fingerprint density at radius 1 is 0.971 bits per heavy atom. The minimum absolute atomic E-state index is 0.0948. The highest BCUT2D eigenvalue weighted by molar-refractivity contribution is 5.97. The van der Waals surface area contributed by atoms with Crippen LogP contribution in [0.1, 0.15) is 41.3 Å². The minimum atomic E-state index is -1.28. The Morgan fingerprint density at radius 3 is 2.11 bits per heavy atom. The number of aromatic carboxylic acids is 1. The van der Waals surface area contributed by atoms with Gasteiger partial charge in [0.1, 0.15) is 18.5 Å². The molecule has 1 aliphatic rings. The maximum atomic E-state index is 14.2. The Hall–Kier alpha value is -4.20. The van der Waals surface area contributed by atoms with Crippen LogP contribution in [0.5, 0.6) is 0 Å². The van der Waals surface area contributed by atoms with Crippen LogP contribution in [-0.2, 0) is 9.53 Å². The Bertz CT molecular complexity index is 1240. The second-order valence-corrected chi connectivity index (χ2v) is 8.68. The van der Waals surface area contributed by atoms with Gasteiger partial charge in [-0.05, 0) is 46.4 Å². The second kappa shape index (κ2) is 9.97. The number of carbonyl (C=O) groups is 3. The van der Waals surface area contributed by atoms with E-state index < -0.39 is 29.8 Å². The van der Waals surface area contributed by atoms with Gasteiger partial charge in [-0.3, -0.25) is 4.79 Å². The summed E-state index contributed by atoms with van der Waals surface area (Å²) in [6.07, 6.45) is -0.762. The van der Waals surface area contributed by atoms with Crippen molar-refractivity contribution in [1.82, 2.24) is 5.32 Å². The van der Waals surface area contributed by atoms with Crippen molar-refractivity contribution in [1.29, 1.82) is 0 Å². The lowest BCUT2D eigenvalue weighted by atomic mass is 9.98. The number of benzene rings is 3. The number of halogens is 1. The van der Waals surface area contributed by atoms with E-state index in [1.807, 2.05) is 48.5 Å². The molecule has 3 aromatic rings. The summed E-state index contributed by atoms with van der Waals surface area (Å²) < 4.78 is 19.8. The van der Waals surface area contributed by atoms with Crippen LogP contribution in [-0.4, -0.2) is 35.7 Å². The van der Waals surface area contributed by atoms with Gasteiger partial charge in [-0.1, -0.05) is 62.4 Å². The number of fused-ring (bicyclic) bond motifs is 3. The van der Waals surface area contributed by atoms with Crippen molar-refractivity contribution in [2.24, 2.45) is 5.92 Å². The third-order valence-electron chi connectivity index (χ3n) is 6.04. The molecule has 1 atom stereocenters. The summed E-state index contributed by atoms with van der Waals surface area (Å²) in [5, 5.41) is 13.9. The molecule has 0 bridgehead atoms. The lowest BCUT2D eigenvalue weighted by Crippen LogP contribution is -2.47. The first kappa shape index (κ1) is 23.9. The molecule has 0 aliphatic heterocycles. The standard InChI is InChI=1S/C27H25FN2O5/c1-15(2)24(25(31)29-23-12-11-16(26(32)33)13-22(23)28)30-27(34)35-14-21-19-9-5-3-7-17(19)18-8-4-6-10-20(18)21/h3-13,15,21,24H,14H2,1-2H3,(H,29,31)(H,30,34)(H,32,33)/t24-/m1/s1. The first-order valence-corrected chi connectivity index (χ1v) is 11.2. The molecule has 4 rings (SSSR count). The smallest absolute Gasteiger partial charge is 0.407 e. The number of hydrogen-bond acceptors (Lipinski definition) is 4. The van der Waals surface area contributed by atoms with E-state index in [2.05, 4.69) is 10.6 Å². The maximum absolute atomic E-state index is 14.2. The largest absolute Gasteiger partial charge is 0.478 e. The van der Waals surface area contributed by atoms with Gasteiger partial charge in [0.05, 0.1) is 11.3 Å². The lowest BCUT2D eigenvalue weighted by Gasteiger charge is -2.22. The number of ether oxygens (including phenoxy) is 1. The molecule has 180 valence electrons. The number of carbonyl (C=O) groups excluding carboxylic acids is 2. The van der Waals surface area contributed by atoms with Gasteiger partial charge < -0.3 is 20.5 Å². The van der Waals surface area contributed by atoms with Gasteiger partial charge in [0, 0.05) is 5.92 Å². The highest BCUT2D eigenvalue weighted by Gasteiger charge is 2.30. The molecule has 0 unspecified atom stereocenters. The molecule has 3 aromatic carbocycles. The van der Waals surface area contributed by atoms with Gasteiger partial charge in [0.2, 0.25) is 5.91 Å². The topological polar surface area (TPSA) is 105 Å². The summed E-state index contributed by atoms with van der Waals surface area (Å²) in [4.78, 5) is 36.4. The number of rotatable bonds is 7. The van der Waals surface area contributed by atoms with Crippen LogP contribution >= 0.6 is 0 Å². The SMILES string of the molecule is CC(C)[C@@H](NC(=O)OCC1c2ccccc2-c2ccccc21)C(=O)Nc1ccc(C(=O)O)cc1F. The Morgan fingerprint density at radius 2 is 1.57 bits per heavy atom. The van der Waals surface area contributed by atoms with Gasteiger partial charge in [-0.15, -0.1) is 0 Å². The van der Waals surface area contributed by atoms with Crippen molar-refractivity contribution >= 4 is 23.7 Å². The molecule has 0 heterocycles. The van der Waals surface area contributed by atoms with Gasteiger partial charge in [-0.2, -0.15) is 0 Å². The van der Waals surface area contributed by atoms with Crippen LogP contribution < -0.4 is 10.6 Å². The predicted octanol–water partition coefficient (Wildman–Crippen LogP) is 5.03. The minimum Gasteiger partial charge on any atom is -0.478 e. The van der Waals surface area contributed by atoms with Crippen LogP contribution in [0.4, 0.5) is 14.9 Å². The average Bonchev–Trinajstić information content (AvgIpc) is 3.15. The van der Waals surface area contributed by atoms with Gasteiger partial charge in [0.15, 0.2) is 0 Å². The normalized spacial score (nSPS) is 13.0. The Balaban J connectivity index is 1.42. The average molecular weight is 477 g/mol. The van der Waals surface area contributed by atoms with Crippen LogP contribution in [0.3, 0.4) is 0 Å². The molecular weight excluding hydrogens is 451 g/mol. The van der Waals surface area contributed by atoms with Crippen molar-refractivity contribution < 1.29 is 28.6 Å². The summed E-state index contributed by atoms with van der Waals surface area (Å²) in [5.74, 6) is -3.26. The van der Waals surface area contributed by atoms with E-state index in [-0.39, 0.29) is 29.7 Å². The Kier molecular flexibility index (Phi) is 6.82. The molecular formula is C27H25FN2O5. The number of carboxylic acid groups (broad SMARTS) is 1. The predicted molar refractivity (Wildman–Crippen MR) is 129 cm³/mol. The maximum Gasteiger partial charge on any atom is 0.407 e. The number of nitrogens with one attached hydrogen (secondary N) is 2. The summed E-state index contributed by atoms with van der Waals surface area (Å²) in [5.41, 5.74) is 3.93. The van der Waals surface area contributed by atoms with E-state index in [4.69, 9.17) is 9.84 Å². The van der Waals surface area contributed by atoms with Crippen LogP contribution in [0, 0.1) is 11.7 Å². The molecule has 0 spiro atoms. The zero-order valence-corrected chi connectivity index (χ0v) is 19.2. The highest BCUT2D eigenvalue weighted by atomic mass is 19.1. The number of alkyl carbamates (subject to hydrolysis) is 1. The van der Waals surface area contributed by atoms with Crippen molar-refractivity contribution in [3.8, 4) is 11.1 Å². The van der Waals surface area contributed by atoms with Crippen LogP contribution in [0.15, 0.2) is 66.7 Å². The highest BCUT2D eigenvalue weighted by Crippen LogP contribution is 2.44. The fraction of sp³-hybridized carbons (Fsp3) is 0.222. The zero-order chi connectivity index (χ0) is 25.1. The van der Waals surface area contributed by atoms with E-state index in [1.165, 1.54) is 12.1 Å². The number of hydrogen-bond donors (Lipinski definition) is 3. The third kappa shape index (κ3) is 5.01. The van der Waals surface area contributed by atoms with E-state index in [9.17, 15) is 18.8 Å². The molecule has 1 aliphatic carbocycles. The first-order chi connectivity index (χ1) is 16.8. The fourth-order valence-corrected chi connectivity index (χ4v) is 4.26. The zero-order valence-electron chi connectivity index (χ0n) is 19.2. The summed E-state index contributed by atoms with van der Waals surface area (Å²) in [6.45, 7) is 3.56. The second-order valence-electron chi connectivity index (χ2n) is 8.68. The molecule has 0 saturated carbocycles. The first-order valence-electron chi connectivity index (χ1n) is 11.2. The molecule has 0 saturated heterocycles. The van der Waals surface area contributed by atoms with Crippen molar-refractivity contribution in [3.63, 3.8) is 0 Å². The molecule has 7 nitrogen and oxygen atoms in total. The third-order valence-corrected chi connectivity index (χ3v) is 6.04. The lowest BCUT2D eigenvalue weighted by molar-refractivity contribution is -0.119. The van der Waals surface area contributed by atoms with E-state index >= 15 is 0 Å². The molecule has 0 radical (unpaired) electrons. The molecule has 8 heteroatoms. The molecule has 2 amide bonds. The van der Waals surface area contributed by atoms with Crippen molar-refractivity contribution in [3.05, 3.63) is 89.2 Å². The van der Waals surface area contributed by atoms with Crippen molar-refractivity contribution in [2.45, 2.75) is 25.8 Å². The summed E-state index contributed by atoms with van der Waals surface area (Å²) in [6, 6.07) is 18.1. The van der Waals surface area contributed by atoms with E-state index in [1.54, 1.807) is 13.8 Å².